The third kappa shape index (κ3) is 4.27. The van der Waals surface area contributed by atoms with Crippen molar-refractivity contribution in [1.82, 2.24) is 0 Å². The molecule has 0 bridgehead atoms. The maximum Gasteiger partial charge on any atom is 0.328 e. The van der Waals surface area contributed by atoms with E-state index in [4.69, 9.17) is 19.7 Å². The van der Waals surface area contributed by atoms with Crippen molar-refractivity contribution in [2.45, 2.75) is 30.7 Å². The SMILES string of the molecule is O=C(O)/C=C\c1ccc(O[C@H]2O[C@@H](CO)[C@H](O)[C@@H](O)[C@@H]2O)cc1. The largest absolute Gasteiger partial charge is 0.478 e. The molecule has 0 spiro atoms. The Kier molecular flexibility index (Phi) is 5.69. The summed E-state index contributed by atoms with van der Waals surface area (Å²) >= 11 is 0. The first kappa shape index (κ1) is 17.4. The highest BCUT2D eigenvalue weighted by Gasteiger charge is 2.44. The summed E-state index contributed by atoms with van der Waals surface area (Å²) < 4.78 is 10.6. The van der Waals surface area contributed by atoms with Crippen LogP contribution in [0.5, 0.6) is 5.75 Å². The molecule has 2 rings (SSSR count). The van der Waals surface area contributed by atoms with Crippen molar-refractivity contribution in [2.24, 2.45) is 0 Å². The van der Waals surface area contributed by atoms with Crippen molar-refractivity contribution in [3.63, 3.8) is 0 Å². The minimum atomic E-state index is -1.51. The van der Waals surface area contributed by atoms with Gasteiger partial charge < -0.3 is 35.0 Å². The Morgan fingerprint density at radius 2 is 1.78 bits per heavy atom. The molecular weight excluding hydrogens is 308 g/mol. The summed E-state index contributed by atoms with van der Waals surface area (Å²) in [6.07, 6.45) is -4.35. The van der Waals surface area contributed by atoms with E-state index in [-0.39, 0.29) is 0 Å². The maximum absolute atomic E-state index is 10.4. The smallest absolute Gasteiger partial charge is 0.328 e. The van der Waals surface area contributed by atoms with Crippen LogP contribution in [0.3, 0.4) is 0 Å². The van der Waals surface area contributed by atoms with Gasteiger partial charge in [0.05, 0.1) is 6.61 Å². The molecule has 1 heterocycles. The quantitative estimate of drug-likeness (QED) is 0.433. The number of carboxylic acids is 1. The molecule has 0 aliphatic carbocycles. The van der Waals surface area contributed by atoms with Crippen LogP contribution in [-0.2, 0) is 9.53 Å². The second-order valence-corrected chi connectivity index (χ2v) is 5.06. The van der Waals surface area contributed by atoms with E-state index in [1.807, 2.05) is 0 Å². The van der Waals surface area contributed by atoms with E-state index in [0.29, 0.717) is 11.3 Å². The summed E-state index contributed by atoms with van der Waals surface area (Å²) in [5.41, 5.74) is 0.633. The molecule has 1 aliphatic heterocycles. The highest BCUT2D eigenvalue weighted by atomic mass is 16.7. The van der Waals surface area contributed by atoms with Crippen molar-refractivity contribution in [3.8, 4) is 5.75 Å². The minimum Gasteiger partial charge on any atom is -0.478 e. The molecular formula is C15H18O8. The molecule has 1 aromatic carbocycles. The average Bonchev–Trinajstić information content (AvgIpc) is 2.54. The van der Waals surface area contributed by atoms with Crippen LogP contribution >= 0.6 is 0 Å². The van der Waals surface area contributed by atoms with E-state index < -0.39 is 43.3 Å². The second-order valence-electron chi connectivity index (χ2n) is 5.06. The monoisotopic (exact) mass is 326 g/mol. The molecule has 8 nitrogen and oxygen atoms in total. The minimum absolute atomic E-state index is 0.307. The summed E-state index contributed by atoms with van der Waals surface area (Å²) in [4.78, 5) is 10.4. The standard InChI is InChI=1S/C15H18O8/c16-7-10-12(19)13(20)14(21)15(23-10)22-9-4-1-8(2-5-9)3-6-11(17)18/h1-6,10,12-16,19-21H,7H2,(H,17,18)/b6-3-/t10-,12-,13+,14-,15-/m0/s1. The molecule has 1 fully saturated rings. The third-order valence-electron chi connectivity index (χ3n) is 3.40. The number of aliphatic hydroxyl groups is 4. The summed E-state index contributed by atoms with van der Waals surface area (Å²) in [6.45, 7) is -0.538. The average molecular weight is 326 g/mol. The fourth-order valence-corrected chi connectivity index (χ4v) is 2.12. The van der Waals surface area contributed by atoms with Crippen LogP contribution in [0, 0.1) is 0 Å². The highest BCUT2D eigenvalue weighted by Crippen LogP contribution is 2.24. The number of rotatable bonds is 5. The first-order chi connectivity index (χ1) is 10.9. The van der Waals surface area contributed by atoms with Gasteiger partial charge in [-0.25, -0.2) is 4.79 Å². The molecule has 0 saturated carbocycles. The second kappa shape index (κ2) is 7.53. The van der Waals surface area contributed by atoms with Gasteiger partial charge in [-0.05, 0) is 23.8 Å². The van der Waals surface area contributed by atoms with Crippen LogP contribution in [-0.4, -0.2) is 68.8 Å². The van der Waals surface area contributed by atoms with E-state index in [2.05, 4.69) is 0 Å². The highest BCUT2D eigenvalue weighted by molar-refractivity contribution is 5.85. The number of carbonyl (C=O) groups is 1. The molecule has 23 heavy (non-hydrogen) atoms. The Labute approximate surface area is 131 Å². The van der Waals surface area contributed by atoms with Crippen LogP contribution in [0.2, 0.25) is 0 Å². The van der Waals surface area contributed by atoms with E-state index in [9.17, 15) is 20.1 Å². The third-order valence-corrected chi connectivity index (χ3v) is 3.40. The lowest BCUT2D eigenvalue weighted by Gasteiger charge is -2.39. The molecule has 0 unspecified atom stereocenters. The van der Waals surface area contributed by atoms with E-state index in [0.717, 1.165) is 6.08 Å². The predicted octanol–water partition coefficient (Wildman–Crippen LogP) is -1.04. The van der Waals surface area contributed by atoms with Gasteiger partial charge in [-0.15, -0.1) is 0 Å². The van der Waals surface area contributed by atoms with E-state index >= 15 is 0 Å². The first-order valence-corrected chi connectivity index (χ1v) is 6.90. The zero-order valence-corrected chi connectivity index (χ0v) is 12.0. The summed E-state index contributed by atoms with van der Waals surface area (Å²) in [7, 11) is 0. The van der Waals surface area contributed by atoms with E-state index in [1.54, 1.807) is 12.1 Å². The molecule has 1 saturated heterocycles. The summed E-state index contributed by atoms with van der Waals surface area (Å²) in [5, 5.41) is 46.9. The maximum atomic E-state index is 10.4. The molecule has 1 aromatic rings. The molecule has 5 atom stereocenters. The Morgan fingerprint density at radius 1 is 1.13 bits per heavy atom. The Balaban J connectivity index is 2.04. The molecule has 126 valence electrons. The van der Waals surface area contributed by atoms with Crippen molar-refractivity contribution in [2.75, 3.05) is 6.61 Å². The lowest BCUT2D eigenvalue weighted by molar-refractivity contribution is -0.277. The number of aliphatic carboxylic acids is 1. The topological polar surface area (TPSA) is 137 Å². The molecule has 0 amide bonds. The normalized spacial score (nSPS) is 31.2. The van der Waals surface area contributed by atoms with Crippen molar-refractivity contribution < 1.29 is 39.8 Å². The number of aliphatic hydroxyl groups excluding tert-OH is 4. The Hall–Kier alpha value is -1.97. The number of ether oxygens (including phenoxy) is 2. The van der Waals surface area contributed by atoms with Crippen molar-refractivity contribution in [1.29, 1.82) is 0 Å². The predicted molar refractivity (Wildman–Crippen MR) is 77.5 cm³/mol. The van der Waals surface area contributed by atoms with Crippen LogP contribution in [0.1, 0.15) is 5.56 Å². The lowest BCUT2D eigenvalue weighted by Crippen LogP contribution is -2.60. The van der Waals surface area contributed by atoms with Gasteiger partial charge in [-0.2, -0.15) is 0 Å². The fourth-order valence-electron chi connectivity index (χ4n) is 2.12. The van der Waals surface area contributed by atoms with Crippen LogP contribution in [0.4, 0.5) is 0 Å². The van der Waals surface area contributed by atoms with Crippen LogP contribution in [0.15, 0.2) is 30.3 Å². The van der Waals surface area contributed by atoms with E-state index in [1.165, 1.54) is 18.2 Å². The van der Waals surface area contributed by atoms with Gasteiger partial charge in [0.15, 0.2) is 0 Å². The summed E-state index contributed by atoms with van der Waals surface area (Å²) in [5.74, 6) is -0.756. The zero-order chi connectivity index (χ0) is 17.0. The van der Waals surface area contributed by atoms with Crippen LogP contribution < -0.4 is 4.74 Å². The van der Waals surface area contributed by atoms with Crippen molar-refractivity contribution in [3.05, 3.63) is 35.9 Å². The van der Waals surface area contributed by atoms with Gasteiger partial charge in [0.1, 0.15) is 30.2 Å². The number of hydrogen-bond donors (Lipinski definition) is 5. The van der Waals surface area contributed by atoms with Gasteiger partial charge in [0, 0.05) is 6.08 Å². The summed E-state index contributed by atoms with van der Waals surface area (Å²) in [6, 6.07) is 6.25. The van der Waals surface area contributed by atoms with Crippen LogP contribution in [0.25, 0.3) is 6.08 Å². The molecule has 5 N–H and O–H groups in total. The fraction of sp³-hybridized carbons (Fsp3) is 0.400. The molecule has 0 aromatic heterocycles. The Morgan fingerprint density at radius 3 is 2.35 bits per heavy atom. The Bertz CT molecular complexity index is 553. The van der Waals surface area contributed by atoms with Gasteiger partial charge >= 0.3 is 5.97 Å². The lowest BCUT2D eigenvalue weighted by atomic mass is 9.99. The molecule has 8 heteroatoms. The number of hydrogen-bond acceptors (Lipinski definition) is 7. The molecule has 1 aliphatic rings. The van der Waals surface area contributed by atoms with Gasteiger partial charge in [0.2, 0.25) is 6.29 Å². The van der Waals surface area contributed by atoms with Crippen molar-refractivity contribution >= 4 is 12.0 Å². The molecule has 0 radical (unpaired) electrons. The van der Waals surface area contributed by atoms with Gasteiger partial charge in [-0.1, -0.05) is 12.1 Å². The number of carboxylic acid groups (broad SMARTS) is 1. The van der Waals surface area contributed by atoms with Gasteiger partial charge in [-0.3, -0.25) is 0 Å². The number of benzene rings is 1. The first-order valence-electron chi connectivity index (χ1n) is 6.90. The zero-order valence-electron chi connectivity index (χ0n) is 12.0. The van der Waals surface area contributed by atoms with Gasteiger partial charge in [0.25, 0.3) is 0 Å².